The molecule has 0 aliphatic carbocycles. The van der Waals surface area contributed by atoms with E-state index in [-0.39, 0.29) is 6.04 Å². The Kier molecular flexibility index (Phi) is 4.49. The zero-order chi connectivity index (χ0) is 11.3. The fraction of sp³-hybridized carbons (Fsp3) is 0.636. The minimum absolute atomic E-state index is 0.215. The number of nitrogens with two attached hydrogens (primary N) is 1. The van der Waals surface area contributed by atoms with E-state index in [1.54, 1.807) is 0 Å². The van der Waals surface area contributed by atoms with Gasteiger partial charge in [0.25, 0.3) is 0 Å². The summed E-state index contributed by atoms with van der Waals surface area (Å²) < 4.78 is 0. The fourth-order valence-electron chi connectivity index (χ4n) is 1.14. The Morgan fingerprint density at radius 1 is 1.27 bits per heavy atom. The van der Waals surface area contributed by atoms with Crippen LogP contribution in [-0.2, 0) is 0 Å². The van der Waals surface area contributed by atoms with Gasteiger partial charge in [-0.1, -0.05) is 13.8 Å². The van der Waals surface area contributed by atoms with Crippen LogP contribution < -0.4 is 11.1 Å². The highest BCUT2D eigenvalue weighted by Crippen LogP contribution is 2.11. The Balaban J connectivity index is 2.43. The van der Waals surface area contributed by atoms with Gasteiger partial charge in [0.2, 0.25) is 5.95 Å². The summed E-state index contributed by atoms with van der Waals surface area (Å²) in [6, 6.07) is 0.215. The quantitative estimate of drug-likeness (QED) is 0.773. The lowest BCUT2D eigenvalue weighted by molar-refractivity contribution is 0.687. The van der Waals surface area contributed by atoms with Crippen LogP contribution in [0.25, 0.3) is 0 Å². The zero-order valence-corrected chi connectivity index (χ0v) is 9.70. The lowest BCUT2D eigenvalue weighted by atomic mass is 10.1. The van der Waals surface area contributed by atoms with Crippen LogP contribution >= 0.6 is 0 Å². The minimum atomic E-state index is 0.215. The third-order valence-corrected chi connectivity index (χ3v) is 2.22. The van der Waals surface area contributed by atoms with Gasteiger partial charge in [-0.3, -0.25) is 0 Å². The van der Waals surface area contributed by atoms with Crippen molar-refractivity contribution in [1.82, 2.24) is 9.97 Å². The van der Waals surface area contributed by atoms with E-state index in [1.165, 1.54) is 0 Å². The molecule has 0 radical (unpaired) electrons. The summed E-state index contributed by atoms with van der Waals surface area (Å²) in [7, 11) is 0. The van der Waals surface area contributed by atoms with E-state index in [4.69, 9.17) is 5.73 Å². The summed E-state index contributed by atoms with van der Waals surface area (Å²) in [5, 5.41) is 3.14. The van der Waals surface area contributed by atoms with Crippen LogP contribution in [0.15, 0.2) is 12.4 Å². The van der Waals surface area contributed by atoms with Crippen LogP contribution in [0, 0.1) is 0 Å². The molecule has 0 bridgehead atoms. The van der Waals surface area contributed by atoms with Crippen molar-refractivity contribution in [3.63, 3.8) is 0 Å². The van der Waals surface area contributed by atoms with Crippen molar-refractivity contribution < 1.29 is 0 Å². The molecule has 1 aromatic rings. The molecule has 4 nitrogen and oxygen atoms in total. The van der Waals surface area contributed by atoms with E-state index in [1.807, 2.05) is 19.3 Å². The van der Waals surface area contributed by atoms with Crippen molar-refractivity contribution in [2.75, 3.05) is 11.9 Å². The second-order valence-electron chi connectivity index (χ2n) is 4.19. The third kappa shape index (κ3) is 4.25. The second kappa shape index (κ2) is 5.66. The molecular weight excluding hydrogens is 188 g/mol. The average molecular weight is 208 g/mol. The first-order valence-electron chi connectivity index (χ1n) is 5.41. The number of anilines is 1. The molecule has 0 spiro atoms. The molecule has 1 atom stereocenters. The monoisotopic (exact) mass is 208 g/mol. The van der Waals surface area contributed by atoms with Crippen molar-refractivity contribution in [3.05, 3.63) is 18.0 Å². The summed E-state index contributed by atoms with van der Waals surface area (Å²) in [5.41, 5.74) is 6.80. The Morgan fingerprint density at radius 3 is 2.33 bits per heavy atom. The summed E-state index contributed by atoms with van der Waals surface area (Å²) in [5.74, 6) is 1.16. The van der Waals surface area contributed by atoms with Crippen LogP contribution in [0.1, 0.15) is 38.7 Å². The molecule has 1 rings (SSSR count). The van der Waals surface area contributed by atoms with Gasteiger partial charge in [-0.15, -0.1) is 0 Å². The number of hydrogen-bond acceptors (Lipinski definition) is 4. The van der Waals surface area contributed by atoms with E-state index in [9.17, 15) is 0 Å². The van der Waals surface area contributed by atoms with E-state index in [2.05, 4.69) is 29.1 Å². The van der Waals surface area contributed by atoms with Crippen LogP contribution in [0.4, 0.5) is 5.95 Å². The van der Waals surface area contributed by atoms with Crippen LogP contribution in [0.5, 0.6) is 0 Å². The fourth-order valence-corrected chi connectivity index (χ4v) is 1.14. The van der Waals surface area contributed by atoms with Crippen LogP contribution in [0.2, 0.25) is 0 Å². The first-order chi connectivity index (χ1) is 7.09. The summed E-state index contributed by atoms with van der Waals surface area (Å²) in [4.78, 5) is 8.47. The van der Waals surface area contributed by atoms with E-state index in [0.717, 1.165) is 18.5 Å². The largest absolute Gasteiger partial charge is 0.354 e. The molecule has 1 unspecified atom stereocenters. The predicted molar refractivity (Wildman–Crippen MR) is 62.9 cm³/mol. The van der Waals surface area contributed by atoms with Gasteiger partial charge in [-0.25, -0.2) is 9.97 Å². The van der Waals surface area contributed by atoms with Gasteiger partial charge in [0, 0.05) is 25.0 Å². The highest BCUT2D eigenvalue weighted by molar-refractivity contribution is 5.25. The number of nitrogens with zero attached hydrogens (tertiary/aromatic N) is 2. The van der Waals surface area contributed by atoms with Crippen LogP contribution in [0.3, 0.4) is 0 Å². The topological polar surface area (TPSA) is 63.8 Å². The number of aromatic nitrogens is 2. The molecule has 0 saturated carbocycles. The van der Waals surface area contributed by atoms with Gasteiger partial charge >= 0.3 is 0 Å². The zero-order valence-electron chi connectivity index (χ0n) is 9.70. The van der Waals surface area contributed by atoms with E-state index >= 15 is 0 Å². The molecule has 84 valence electrons. The van der Waals surface area contributed by atoms with Crippen molar-refractivity contribution in [2.24, 2.45) is 5.73 Å². The Morgan fingerprint density at radius 2 is 1.87 bits per heavy atom. The molecule has 1 heterocycles. The lowest BCUT2D eigenvalue weighted by Crippen LogP contribution is -2.19. The Bertz CT molecular complexity index is 279. The SMILES string of the molecule is CC(N)CCNc1ncc(C(C)C)cn1. The van der Waals surface area contributed by atoms with Crippen molar-refractivity contribution in [1.29, 1.82) is 0 Å². The van der Waals surface area contributed by atoms with Crippen molar-refractivity contribution >= 4 is 5.95 Å². The number of hydrogen-bond donors (Lipinski definition) is 2. The molecule has 15 heavy (non-hydrogen) atoms. The highest BCUT2D eigenvalue weighted by atomic mass is 15.1. The average Bonchev–Trinajstić information content (AvgIpc) is 2.18. The maximum absolute atomic E-state index is 5.64. The van der Waals surface area contributed by atoms with Crippen molar-refractivity contribution in [3.8, 4) is 0 Å². The molecule has 4 heteroatoms. The van der Waals surface area contributed by atoms with Crippen LogP contribution in [-0.4, -0.2) is 22.6 Å². The third-order valence-electron chi connectivity index (χ3n) is 2.22. The Labute approximate surface area is 91.3 Å². The van der Waals surface area contributed by atoms with E-state index < -0.39 is 0 Å². The summed E-state index contributed by atoms with van der Waals surface area (Å²) >= 11 is 0. The van der Waals surface area contributed by atoms with Gasteiger partial charge in [0.1, 0.15) is 0 Å². The first kappa shape index (κ1) is 11.9. The minimum Gasteiger partial charge on any atom is -0.354 e. The summed E-state index contributed by atoms with van der Waals surface area (Å²) in [6.07, 6.45) is 4.66. The van der Waals surface area contributed by atoms with Gasteiger partial charge in [0.05, 0.1) is 0 Å². The number of nitrogens with one attached hydrogen (secondary N) is 1. The molecule has 0 aliphatic heterocycles. The molecule has 1 aromatic heterocycles. The normalized spacial score (nSPS) is 12.9. The summed E-state index contributed by atoms with van der Waals surface area (Å²) in [6.45, 7) is 7.06. The smallest absolute Gasteiger partial charge is 0.222 e. The number of rotatable bonds is 5. The molecule has 3 N–H and O–H groups in total. The highest BCUT2D eigenvalue weighted by Gasteiger charge is 2.01. The molecular formula is C11H20N4. The van der Waals surface area contributed by atoms with Gasteiger partial charge in [-0.05, 0) is 24.8 Å². The van der Waals surface area contributed by atoms with Crippen molar-refractivity contribution in [2.45, 2.75) is 39.2 Å². The van der Waals surface area contributed by atoms with E-state index in [0.29, 0.717) is 11.9 Å². The maximum atomic E-state index is 5.64. The molecule has 0 aromatic carbocycles. The van der Waals surface area contributed by atoms with Gasteiger partial charge in [0.15, 0.2) is 0 Å². The van der Waals surface area contributed by atoms with Gasteiger partial charge in [-0.2, -0.15) is 0 Å². The molecule has 0 amide bonds. The molecule has 0 fully saturated rings. The second-order valence-corrected chi connectivity index (χ2v) is 4.19. The standard InChI is InChI=1S/C11H20N4/c1-8(2)10-6-14-11(15-7-10)13-5-4-9(3)12/h6-9H,4-5,12H2,1-3H3,(H,13,14,15). The molecule has 0 saturated heterocycles. The predicted octanol–water partition coefficient (Wildman–Crippen LogP) is 1.75. The maximum Gasteiger partial charge on any atom is 0.222 e. The first-order valence-corrected chi connectivity index (χ1v) is 5.41. The Hall–Kier alpha value is -1.16. The lowest BCUT2D eigenvalue weighted by Gasteiger charge is -2.08. The molecule has 0 aliphatic rings. The van der Waals surface area contributed by atoms with Gasteiger partial charge < -0.3 is 11.1 Å².